The normalized spacial score (nSPS) is 18.4. The number of rotatable bonds is 3. The number of benzene rings is 1. The van der Waals surface area contributed by atoms with Crippen LogP contribution in [0.25, 0.3) is 0 Å². The van der Waals surface area contributed by atoms with E-state index in [1.165, 1.54) is 0 Å². The number of halogens is 1. The van der Waals surface area contributed by atoms with Gasteiger partial charge in [-0.25, -0.2) is 4.79 Å². The lowest BCUT2D eigenvalue weighted by Crippen LogP contribution is -2.38. The molecule has 5 nitrogen and oxygen atoms in total. The Morgan fingerprint density at radius 1 is 1.37 bits per heavy atom. The van der Waals surface area contributed by atoms with Gasteiger partial charge in [0.1, 0.15) is 0 Å². The second-order valence-electron chi connectivity index (χ2n) is 4.56. The Bertz CT molecular complexity index is 475. The number of nitrogens with zero attached hydrogens (tertiary/aromatic N) is 1. The fraction of sp³-hybridized carbons (Fsp3) is 0.385. The minimum Gasteiger partial charge on any atom is -0.481 e. The molecule has 1 fully saturated rings. The van der Waals surface area contributed by atoms with E-state index in [0.717, 1.165) is 10.0 Å². The maximum Gasteiger partial charge on any atom is 0.317 e. The highest BCUT2D eigenvalue weighted by Gasteiger charge is 2.30. The molecule has 2 amide bonds. The number of amides is 2. The van der Waals surface area contributed by atoms with Crippen molar-refractivity contribution in [2.75, 3.05) is 13.1 Å². The molecular weight excluding hydrogens is 312 g/mol. The molecule has 1 heterocycles. The van der Waals surface area contributed by atoms with Crippen LogP contribution in [0.5, 0.6) is 0 Å². The largest absolute Gasteiger partial charge is 0.481 e. The quantitative estimate of drug-likeness (QED) is 0.893. The fourth-order valence-electron chi connectivity index (χ4n) is 2.04. The molecule has 0 bridgehead atoms. The summed E-state index contributed by atoms with van der Waals surface area (Å²) in [6, 6.07) is 7.48. The van der Waals surface area contributed by atoms with Crippen LogP contribution >= 0.6 is 15.9 Å². The summed E-state index contributed by atoms with van der Waals surface area (Å²) in [6.07, 6.45) is 0.529. The highest BCUT2D eigenvalue weighted by atomic mass is 79.9. The van der Waals surface area contributed by atoms with Crippen LogP contribution in [-0.4, -0.2) is 35.1 Å². The number of hydrogen-bond acceptors (Lipinski definition) is 2. The zero-order valence-electron chi connectivity index (χ0n) is 10.3. The van der Waals surface area contributed by atoms with Crippen molar-refractivity contribution in [2.24, 2.45) is 5.92 Å². The Morgan fingerprint density at radius 2 is 2.05 bits per heavy atom. The van der Waals surface area contributed by atoms with Crippen LogP contribution in [-0.2, 0) is 11.3 Å². The number of likely N-dealkylation sites (tertiary alicyclic amines) is 1. The van der Waals surface area contributed by atoms with Crippen LogP contribution < -0.4 is 5.32 Å². The van der Waals surface area contributed by atoms with Crippen molar-refractivity contribution in [1.29, 1.82) is 0 Å². The molecule has 0 spiro atoms. The van der Waals surface area contributed by atoms with Crippen LogP contribution in [0.2, 0.25) is 0 Å². The van der Waals surface area contributed by atoms with Gasteiger partial charge >= 0.3 is 12.0 Å². The van der Waals surface area contributed by atoms with Crippen molar-refractivity contribution in [3.8, 4) is 0 Å². The van der Waals surface area contributed by atoms with Crippen molar-refractivity contribution in [3.63, 3.8) is 0 Å². The molecular formula is C13H15BrN2O3. The molecule has 1 aromatic rings. The number of urea groups is 1. The lowest BCUT2D eigenvalue weighted by Gasteiger charge is -2.16. The molecule has 2 N–H and O–H groups in total. The van der Waals surface area contributed by atoms with Gasteiger partial charge in [-0.15, -0.1) is 0 Å². The third-order valence-electron chi connectivity index (χ3n) is 3.18. The first kappa shape index (κ1) is 13.9. The van der Waals surface area contributed by atoms with Gasteiger partial charge in [-0.05, 0) is 24.1 Å². The Hall–Kier alpha value is -1.56. The van der Waals surface area contributed by atoms with Crippen molar-refractivity contribution in [2.45, 2.75) is 13.0 Å². The van der Waals surface area contributed by atoms with E-state index in [0.29, 0.717) is 26.1 Å². The van der Waals surface area contributed by atoms with Crippen molar-refractivity contribution >= 4 is 27.9 Å². The Labute approximate surface area is 119 Å². The lowest BCUT2D eigenvalue weighted by molar-refractivity contribution is -0.141. The third-order valence-corrected chi connectivity index (χ3v) is 3.71. The summed E-state index contributed by atoms with van der Waals surface area (Å²) < 4.78 is 0.992. The Kier molecular flexibility index (Phi) is 4.42. The predicted molar refractivity (Wildman–Crippen MR) is 73.7 cm³/mol. The molecule has 19 heavy (non-hydrogen) atoms. The number of carbonyl (C=O) groups excluding carboxylic acids is 1. The summed E-state index contributed by atoms with van der Waals surface area (Å²) in [6.45, 7) is 1.24. The maximum atomic E-state index is 11.9. The molecule has 1 unspecified atom stereocenters. The monoisotopic (exact) mass is 326 g/mol. The number of hydrogen-bond donors (Lipinski definition) is 2. The summed E-state index contributed by atoms with van der Waals surface area (Å²) in [5, 5.41) is 11.7. The van der Waals surface area contributed by atoms with E-state index in [1.807, 2.05) is 24.3 Å². The molecule has 6 heteroatoms. The first-order valence-electron chi connectivity index (χ1n) is 6.06. The van der Waals surface area contributed by atoms with E-state index in [1.54, 1.807) is 4.90 Å². The zero-order valence-corrected chi connectivity index (χ0v) is 11.9. The average molecular weight is 327 g/mol. The van der Waals surface area contributed by atoms with Crippen molar-refractivity contribution in [3.05, 3.63) is 34.3 Å². The lowest BCUT2D eigenvalue weighted by atomic mass is 10.1. The number of aliphatic carboxylic acids is 1. The third kappa shape index (κ3) is 3.70. The summed E-state index contributed by atoms with van der Waals surface area (Å²) in [5.74, 6) is -1.26. The second kappa shape index (κ2) is 6.06. The fourth-order valence-corrected chi connectivity index (χ4v) is 2.30. The van der Waals surface area contributed by atoms with E-state index in [2.05, 4.69) is 21.2 Å². The highest BCUT2D eigenvalue weighted by molar-refractivity contribution is 9.10. The Balaban J connectivity index is 1.82. The standard InChI is InChI=1S/C13H15BrN2O3/c14-11-3-1-9(2-4-11)7-15-13(19)16-6-5-10(8-16)12(17)18/h1-4,10H,5-8H2,(H,15,19)(H,17,18). The average Bonchev–Trinajstić information content (AvgIpc) is 2.87. The molecule has 1 aliphatic heterocycles. The van der Waals surface area contributed by atoms with Crippen LogP contribution in [0.15, 0.2) is 28.7 Å². The Morgan fingerprint density at radius 3 is 2.63 bits per heavy atom. The second-order valence-corrected chi connectivity index (χ2v) is 5.47. The summed E-state index contributed by atoms with van der Waals surface area (Å²) in [4.78, 5) is 24.2. The smallest absolute Gasteiger partial charge is 0.317 e. The number of carbonyl (C=O) groups is 2. The van der Waals surface area contributed by atoms with Crippen LogP contribution in [0.1, 0.15) is 12.0 Å². The van der Waals surface area contributed by atoms with Gasteiger partial charge in [-0.1, -0.05) is 28.1 Å². The number of nitrogens with one attached hydrogen (secondary N) is 1. The molecule has 1 saturated heterocycles. The van der Waals surface area contributed by atoms with Crippen LogP contribution in [0.3, 0.4) is 0 Å². The first-order chi connectivity index (χ1) is 9.06. The maximum absolute atomic E-state index is 11.9. The molecule has 0 saturated carbocycles. The van der Waals surface area contributed by atoms with Gasteiger partial charge in [0.05, 0.1) is 5.92 Å². The number of carboxylic acid groups (broad SMARTS) is 1. The summed E-state index contributed by atoms with van der Waals surface area (Å²) in [7, 11) is 0. The minimum atomic E-state index is -0.830. The van der Waals surface area contributed by atoms with E-state index < -0.39 is 11.9 Å². The minimum absolute atomic E-state index is 0.202. The number of carboxylic acids is 1. The van der Waals surface area contributed by atoms with E-state index in [9.17, 15) is 9.59 Å². The van der Waals surface area contributed by atoms with Crippen LogP contribution in [0.4, 0.5) is 4.79 Å². The molecule has 0 radical (unpaired) electrons. The highest BCUT2D eigenvalue weighted by Crippen LogP contribution is 2.16. The summed E-state index contributed by atoms with van der Waals surface area (Å²) in [5.41, 5.74) is 1.01. The van der Waals surface area contributed by atoms with Gasteiger partial charge in [-0.3, -0.25) is 4.79 Å². The molecule has 0 aromatic heterocycles. The van der Waals surface area contributed by atoms with Crippen molar-refractivity contribution < 1.29 is 14.7 Å². The molecule has 2 rings (SSSR count). The van der Waals surface area contributed by atoms with E-state index >= 15 is 0 Å². The summed E-state index contributed by atoms with van der Waals surface area (Å²) >= 11 is 3.35. The molecule has 0 aliphatic carbocycles. The van der Waals surface area contributed by atoms with E-state index in [-0.39, 0.29) is 6.03 Å². The van der Waals surface area contributed by atoms with Gasteiger partial charge in [0.15, 0.2) is 0 Å². The molecule has 1 atom stereocenters. The first-order valence-corrected chi connectivity index (χ1v) is 6.85. The van der Waals surface area contributed by atoms with Gasteiger partial charge < -0.3 is 15.3 Å². The van der Waals surface area contributed by atoms with Gasteiger partial charge in [-0.2, -0.15) is 0 Å². The zero-order chi connectivity index (χ0) is 13.8. The molecule has 1 aromatic carbocycles. The van der Waals surface area contributed by atoms with E-state index in [4.69, 9.17) is 5.11 Å². The van der Waals surface area contributed by atoms with Gasteiger partial charge in [0.25, 0.3) is 0 Å². The molecule has 102 valence electrons. The SMILES string of the molecule is O=C(O)C1CCN(C(=O)NCc2ccc(Br)cc2)C1. The van der Waals surface area contributed by atoms with Gasteiger partial charge in [0, 0.05) is 24.1 Å². The predicted octanol–water partition coefficient (Wildman–Crippen LogP) is 2.07. The van der Waals surface area contributed by atoms with Crippen LogP contribution in [0, 0.1) is 5.92 Å². The van der Waals surface area contributed by atoms with Crippen molar-refractivity contribution in [1.82, 2.24) is 10.2 Å². The van der Waals surface area contributed by atoms with Gasteiger partial charge in [0.2, 0.25) is 0 Å². The topological polar surface area (TPSA) is 69.6 Å². The molecule has 1 aliphatic rings.